The largest absolute Gasteiger partial charge is 0.450 e. The van der Waals surface area contributed by atoms with Gasteiger partial charge >= 0.3 is 6.09 Å². The van der Waals surface area contributed by atoms with Crippen LogP contribution in [0.4, 0.5) is 4.79 Å². The number of piperazine rings is 1. The number of pyridine rings is 2. The normalized spacial score (nSPS) is 14.2. The molecule has 3 aromatic heterocycles. The molecule has 35 heavy (non-hydrogen) atoms. The molecule has 1 aliphatic rings. The lowest BCUT2D eigenvalue weighted by molar-refractivity contribution is 0.0570. The maximum atomic E-state index is 13.2. The van der Waals surface area contributed by atoms with Crippen molar-refractivity contribution in [2.24, 2.45) is 0 Å². The number of carbonyl (C=O) groups excluding carboxylic acids is 2. The lowest BCUT2D eigenvalue weighted by Crippen LogP contribution is -2.50. The molecule has 0 atom stereocenters. The molecule has 0 aliphatic carbocycles. The van der Waals surface area contributed by atoms with E-state index in [4.69, 9.17) is 14.7 Å². The second-order valence-electron chi connectivity index (χ2n) is 8.40. The Labute approximate surface area is 200 Å². The van der Waals surface area contributed by atoms with Crippen molar-refractivity contribution in [3.63, 3.8) is 0 Å². The number of amides is 2. The summed E-state index contributed by atoms with van der Waals surface area (Å²) in [6, 6.07) is 13.2. The third kappa shape index (κ3) is 3.56. The van der Waals surface area contributed by atoms with Crippen molar-refractivity contribution < 1.29 is 14.3 Å². The summed E-state index contributed by atoms with van der Waals surface area (Å²) < 4.78 is 5.06. The molecule has 1 fully saturated rings. The van der Waals surface area contributed by atoms with Crippen molar-refractivity contribution in [2.45, 2.75) is 6.92 Å². The van der Waals surface area contributed by atoms with E-state index >= 15 is 0 Å². The fourth-order valence-electron chi connectivity index (χ4n) is 4.63. The Morgan fingerprint density at radius 2 is 1.40 bits per heavy atom. The summed E-state index contributed by atoms with van der Waals surface area (Å²) >= 11 is 0. The molecule has 5 aromatic rings. The molecule has 6 rings (SSSR count). The highest BCUT2D eigenvalue weighted by Gasteiger charge is 2.26. The van der Waals surface area contributed by atoms with E-state index in [9.17, 15) is 9.59 Å². The van der Waals surface area contributed by atoms with Crippen molar-refractivity contribution in [1.82, 2.24) is 29.7 Å². The average molecular weight is 467 g/mol. The predicted octanol–water partition coefficient (Wildman–Crippen LogP) is 3.79. The second kappa shape index (κ2) is 8.43. The van der Waals surface area contributed by atoms with Gasteiger partial charge in [0, 0.05) is 54.9 Å². The Morgan fingerprint density at radius 1 is 0.800 bits per heavy atom. The molecule has 0 N–H and O–H groups in total. The molecular formula is C26H22N6O3. The maximum absolute atomic E-state index is 13.2. The smallest absolute Gasteiger partial charge is 0.409 e. The summed E-state index contributed by atoms with van der Waals surface area (Å²) in [6.07, 6.45) is 3.15. The molecule has 0 saturated carbocycles. The molecule has 1 saturated heterocycles. The fourth-order valence-corrected chi connectivity index (χ4v) is 4.63. The molecule has 0 radical (unpaired) electrons. The van der Waals surface area contributed by atoms with Crippen LogP contribution in [0.3, 0.4) is 0 Å². The summed E-state index contributed by atoms with van der Waals surface area (Å²) in [6.45, 7) is 3.90. The van der Waals surface area contributed by atoms with Gasteiger partial charge in [0.15, 0.2) is 0 Å². The van der Waals surface area contributed by atoms with Gasteiger partial charge in [-0.05, 0) is 37.3 Å². The number of nitrogens with zero attached hydrogens (tertiary/aromatic N) is 6. The van der Waals surface area contributed by atoms with Crippen LogP contribution < -0.4 is 0 Å². The van der Waals surface area contributed by atoms with Crippen molar-refractivity contribution >= 4 is 55.9 Å². The van der Waals surface area contributed by atoms with Crippen molar-refractivity contribution in [1.29, 1.82) is 0 Å². The molecule has 2 aromatic carbocycles. The van der Waals surface area contributed by atoms with Crippen LogP contribution >= 0.6 is 0 Å². The minimum absolute atomic E-state index is 0.0968. The minimum Gasteiger partial charge on any atom is -0.450 e. The highest BCUT2D eigenvalue weighted by atomic mass is 16.6. The van der Waals surface area contributed by atoms with Gasteiger partial charge < -0.3 is 14.5 Å². The SMILES string of the molecule is CCOC(=O)N1CCN(C(=O)c2ccc3nc4c5ncccc5c5cccnc5c4nc3c2)CC1. The van der Waals surface area contributed by atoms with Crippen LogP contribution in [0.25, 0.3) is 43.9 Å². The first-order chi connectivity index (χ1) is 17.1. The first kappa shape index (κ1) is 21.2. The maximum Gasteiger partial charge on any atom is 0.409 e. The Bertz CT molecular complexity index is 1630. The summed E-state index contributed by atoms with van der Waals surface area (Å²) in [5.74, 6) is -0.0968. The zero-order chi connectivity index (χ0) is 23.9. The highest BCUT2D eigenvalue weighted by Crippen LogP contribution is 2.31. The number of carbonyl (C=O) groups is 2. The van der Waals surface area contributed by atoms with E-state index < -0.39 is 0 Å². The lowest BCUT2D eigenvalue weighted by atomic mass is 10.1. The lowest BCUT2D eigenvalue weighted by Gasteiger charge is -2.34. The zero-order valence-corrected chi connectivity index (χ0v) is 19.1. The molecular weight excluding hydrogens is 444 g/mol. The number of fused-ring (bicyclic) bond motifs is 7. The van der Waals surface area contributed by atoms with Crippen molar-refractivity contribution in [2.75, 3.05) is 32.8 Å². The van der Waals surface area contributed by atoms with Crippen molar-refractivity contribution in [3.05, 3.63) is 60.4 Å². The molecule has 4 heterocycles. The van der Waals surface area contributed by atoms with Gasteiger partial charge in [-0.25, -0.2) is 14.8 Å². The quantitative estimate of drug-likeness (QED) is 0.288. The molecule has 9 heteroatoms. The van der Waals surface area contributed by atoms with E-state index in [0.717, 1.165) is 21.8 Å². The molecule has 0 unspecified atom stereocenters. The van der Waals surface area contributed by atoms with E-state index in [0.29, 0.717) is 60.4 Å². The Balaban J connectivity index is 1.39. The van der Waals surface area contributed by atoms with Crippen LogP contribution in [-0.2, 0) is 4.74 Å². The van der Waals surface area contributed by atoms with Crippen molar-refractivity contribution in [3.8, 4) is 0 Å². The van der Waals surface area contributed by atoms with E-state index in [1.54, 1.807) is 41.2 Å². The van der Waals surface area contributed by atoms with Gasteiger partial charge in [-0.15, -0.1) is 0 Å². The van der Waals surface area contributed by atoms with Gasteiger partial charge in [0.2, 0.25) is 0 Å². The predicted molar refractivity (Wildman–Crippen MR) is 132 cm³/mol. The number of ether oxygens (including phenoxy) is 1. The number of hydrogen-bond acceptors (Lipinski definition) is 7. The minimum atomic E-state index is -0.338. The third-order valence-corrected chi connectivity index (χ3v) is 6.36. The number of aromatic nitrogens is 4. The van der Waals surface area contributed by atoms with Crippen LogP contribution in [-0.4, -0.2) is 74.5 Å². The Hall–Kier alpha value is -4.40. The number of hydrogen-bond donors (Lipinski definition) is 0. The van der Waals surface area contributed by atoms with Crippen LogP contribution in [0.1, 0.15) is 17.3 Å². The molecule has 174 valence electrons. The van der Waals surface area contributed by atoms with E-state index in [-0.39, 0.29) is 12.0 Å². The van der Waals surface area contributed by atoms with E-state index in [1.807, 2.05) is 30.3 Å². The molecule has 2 amide bonds. The molecule has 9 nitrogen and oxygen atoms in total. The average Bonchev–Trinajstić information content (AvgIpc) is 2.92. The van der Waals surface area contributed by atoms with Crippen LogP contribution in [0, 0.1) is 0 Å². The summed E-state index contributed by atoms with van der Waals surface area (Å²) in [5.41, 5.74) is 4.72. The zero-order valence-electron chi connectivity index (χ0n) is 19.1. The topological polar surface area (TPSA) is 101 Å². The van der Waals surface area contributed by atoms with Crippen LogP contribution in [0.5, 0.6) is 0 Å². The summed E-state index contributed by atoms with van der Waals surface area (Å²) in [5, 5.41) is 1.94. The molecule has 1 aliphatic heterocycles. The van der Waals surface area contributed by atoms with E-state index in [2.05, 4.69) is 9.97 Å². The van der Waals surface area contributed by atoms with Gasteiger partial charge in [-0.3, -0.25) is 14.8 Å². The van der Waals surface area contributed by atoms with Gasteiger partial charge in [0.05, 0.1) is 28.7 Å². The van der Waals surface area contributed by atoms with Gasteiger partial charge in [-0.1, -0.05) is 12.1 Å². The molecule has 0 spiro atoms. The first-order valence-electron chi connectivity index (χ1n) is 11.6. The number of rotatable bonds is 2. The monoisotopic (exact) mass is 466 g/mol. The standard InChI is InChI=1S/C26H22N6O3/c1-2-35-26(34)32-13-11-31(12-14-32)25(33)16-7-8-19-20(15-16)30-24-22-18(6-4-10-28-22)17-5-3-9-27-21(17)23(24)29-19/h3-10,15H,2,11-14H2,1H3. The van der Waals surface area contributed by atoms with Gasteiger partial charge in [0.25, 0.3) is 5.91 Å². The summed E-state index contributed by atoms with van der Waals surface area (Å²) in [4.78, 5) is 47.5. The Kier molecular flexibility index (Phi) is 5.09. The summed E-state index contributed by atoms with van der Waals surface area (Å²) in [7, 11) is 0. The van der Waals surface area contributed by atoms with Gasteiger partial charge in [-0.2, -0.15) is 0 Å². The molecule has 0 bridgehead atoms. The fraction of sp³-hybridized carbons (Fsp3) is 0.231. The van der Waals surface area contributed by atoms with Crippen LogP contribution in [0.15, 0.2) is 54.9 Å². The highest BCUT2D eigenvalue weighted by molar-refractivity contribution is 6.21. The van der Waals surface area contributed by atoms with Gasteiger partial charge in [0.1, 0.15) is 11.0 Å². The third-order valence-electron chi connectivity index (χ3n) is 6.36. The number of benzene rings is 2. The first-order valence-corrected chi connectivity index (χ1v) is 11.6. The second-order valence-corrected chi connectivity index (χ2v) is 8.40. The van der Waals surface area contributed by atoms with Crippen LogP contribution in [0.2, 0.25) is 0 Å². The Morgan fingerprint density at radius 3 is 2.03 bits per heavy atom. The van der Waals surface area contributed by atoms with E-state index in [1.165, 1.54) is 0 Å².